The van der Waals surface area contributed by atoms with Crippen molar-refractivity contribution in [2.45, 2.75) is 13.1 Å². The van der Waals surface area contributed by atoms with E-state index in [2.05, 4.69) is 58.4 Å². The molecule has 0 amide bonds. The Morgan fingerprint density at radius 1 is 0.926 bits per heavy atom. The summed E-state index contributed by atoms with van der Waals surface area (Å²) in [5, 5.41) is 4.72. The van der Waals surface area contributed by atoms with E-state index in [1.54, 1.807) is 7.11 Å². The first kappa shape index (κ1) is 17.6. The molecule has 1 N–H and O–H groups in total. The fourth-order valence-corrected chi connectivity index (χ4v) is 3.61. The Labute approximate surface area is 160 Å². The molecule has 0 spiro atoms. The number of hydrogen-bond acceptors (Lipinski definition) is 5. The number of aromatic nitrogens is 1. The minimum Gasteiger partial charge on any atom is -0.497 e. The van der Waals surface area contributed by atoms with Crippen molar-refractivity contribution in [2.75, 3.05) is 43.5 Å². The second-order valence-electron chi connectivity index (χ2n) is 6.93. The molecule has 0 radical (unpaired) electrons. The minimum atomic E-state index is 0.247. The van der Waals surface area contributed by atoms with Gasteiger partial charge in [-0.15, -0.1) is 0 Å². The van der Waals surface area contributed by atoms with Gasteiger partial charge >= 0.3 is 0 Å². The third kappa shape index (κ3) is 3.98. The van der Waals surface area contributed by atoms with Crippen LogP contribution in [0.3, 0.4) is 0 Å². The number of methoxy groups -OCH3 is 1. The standard InChI is InChI=1S/C22H26N4O/c1-17(23-22-12-7-18-5-3-4-6-21(18)24-22)25-13-15-26(16-14-25)19-8-10-20(27-2)11-9-19/h3-12,17H,13-16H2,1-2H3,(H,23,24). The van der Waals surface area contributed by atoms with E-state index in [1.807, 2.05) is 24.3 Å². The van der Waals surface area contributed by atoms with Crippen LogP contribution in [0.5, 0.6) is 5.75 Å². The van der Waals surface area contributed by atoms with Gasteiger partial charge in [-0.25, -0.2) is 4.98 Å². The molecule has 1 aliphatic heterocycles. The number of ether oxygens (including phenoxy) is 1. The second kappa shape index (κ2) is 7.84. The number of pyridine rings is 1. The molecule has 1 saturated heterocycles. The normalized spacial score (nSPS) is 16.3. The zero-order chi connectivity index (χ0) is 18.6. The fraction of sp³-hybridized carbons (Fsp3) is 0.318. The summed E-state index contributed by atoms with van der Waals surface area (Å²) in [4.78, 5) is 9.63. The van der Waals surface area contributed by atoms with Crippen molar-refractivity contribution in [3.63, 3.8) is 0 Å². The molecule has 4 rings (SSSR count). The van der Waals surface area contributed by atoms with Crippen LogP contribution in [0.25, 0.3) is 10.9 Å². The molecule has 1 fully saturated rings. The van der Waals surface area contributed by atoms with Gasteiger partial charge in [-0.2, -0.15) is 0 Å². The maximum atomic E-state index is 5.25. The molecule has 5 nitrogen and oxygen atoms in total. The summed E-state index contributed by atoms with van der Waals surface area (Å²) < 4.78 is 5.25. The molecule has 2 aromatic carbocycles. The number of anilines is 2. The molecule has 0 saturated carbocycles. The summed E-state index contributed by atoms with van der Waals surface area (Å²) in [6.45, 7) is 6.29. The molecule has 140 valence electrons. The van der Waals surface area contributed by atoms with Crippen LogP contribution < -0.4 is 15.0 Å². The van der Waals surface area contributed by atoms with Crippen molar-refractivity contribution in [1.29, 1.82) is 0 Å². The van der Waals surface area contributed by atoms with E-state index in [0.717, 1.165) is 43.3 Å². The molecule has 2 heterocycles. The first-order chi connectivity index (χ1) is 13.2. The number of piperazine rings is 1. The monoisotopic (exact) mass is 362 g/mol. The van der Waals surface area contributed by atoms with Gasteiger partial charge in [0, 0.05) is 37.3 Å². The number of hydrogen-bond donors (Lipinski definition) is 1. The van der Waals surface area contributed by atoms with E-state index in [1.165, 1.54) is 11.1 Å². The topological polar surface area (TPSA) is 40.6 Å². The van der Waals surface area contributed by atoms with E-state index in [0.29, 0.717) is 0 Å². The van der Waals surface area contributed by atoms with Crippen molar-refractivity contribution < 1.29 is 4.74 Å². The SMILES string of the molecule is COc1ccc(N2CCN(C(C)Nc3ccc4ccccc4n3)CC2)cc1. The Hall–Kier alpha value is -2.79. The predicted molar refractivity (Wildman–Crippen MR) is 112 cm³/mol. The van der Waals surface area contributed by atoms with Crippen LogP contribution in [-0.2, 0) is 0 Å². The quantitative estimate of drug-likeness (QED) is 0.747. The highest BCUT2D eigenvalue weighted by Crippen LogP contribution is 2.21. The number of benzene rings is 2. The summed E-state index contributed by atoms with van der Waals surface area (Å²) in [6.07, 6.45) is 0.247. The summed E-state index contributed by atoms with van der Waals surface area (Å²) >= 11 is 0. The molecule has 1 unspecified atom stereocenters. The van der Waals surface area contributed by atoms with E-state index in [4.69, 9.17) is 9.72 Å². The first-order valence-corrected chi connectivity index (χ1v) is 9.48. The Bertz CT molecular complexity index is 888. The number of rotatable bonds is 5. The lowest BCUT2D eigenvalue weighted by Gasteiger charge is -2.39. The molecule has 0 bridgehead atoms. The van der Waals surface area contributed by atoms with Crippen LogP contribution in [0.15, 0.2) is 60.7 Å². The number of fused-ring (bicyclic) bond motifs is 1. The van der Waals surface area contributed by atoms with Crippen LogP contribution >= 0.6 is 0 Å². The van der Waals surface area contributed by atoms with Crippen molar-refractivity contribution in [3.05, 3.63) is 60.7 Å². The van der Waals surface area contributed by atoms with Gasteiger partial charge in [-0.05, 0) is 49.4 Å². The Balaban J connectivity index is 1.35. The van der Waals surface area contributed by atoms with Crippen molar-refractivity contribution >= 4 is 22.4 Å². The van der Waals surface area contributed by atoms with Gasteiger partial charge in [0.1, 0.15) is 11.6 Å². The average Bonchev–Trinajstić information content (AvgIpc) is 2.74. The Morgan fingerprint density at radius 2 is 1.67 bits per heavy atom. The number of para-hydroxylation sites is 1. The largest absolute Gasteiger partial charge is 0.497 e. The van der Waals surface area contributed by atoms with Gasteiger partial charge in [-0.1, -0.05) is 18.2 Å². The van der Waals surface area contributed by atoms with Crippen molar-refractivity contribution in [2.24, 2.45) is 0 Å². The second-order valence-corrected chi connectivity index (χ2v) is 6.93. The average molecular weight is 362 g/mol. The summed E-state index contributed by atoms with van der Waals surface area (Å²) in [5.74, 6) is 1.83. The van der Waals surface area contributed by atoms with Crippen LogP contribution in [-0.4, -0.2) is 49.3 Å². The first-order valence-electron chi connectivity index (χ1n) is 9.48. The third-order valence-electron chi connectivity index (χ3n) is 5.25. The number of nitrogens with zero attached hydrogens (tertiary/aromatic N) is 3. The molecular weight excluding hydrogens is 336 g/mol. The van der Waals surface area contributed by atoms with Gasteiger partial charge in [0.2, 0.25) is 0 Å². The van der Waals surface area contributed by atoms with Gasteiger partial charge in [0.15, 0.2) is 0 Å². The smallest absolute Gasteiger partial charge is 0.127 e. The molecule has 3 aromatic rings. The predicted octanol–water partition coefficient (Wildman–Crippen LogP) is 3.82. The van der Waals surface area contributed by atoms with Gasteiger partial charge < -0.3 is 15.0 Å². The van der Waals surface area contributed by atoms with E-state index in [-0.39, 0.29) is 6.17 Å². The maximum Gasteiger partial charge on any atom is 0.127 e. The molecule has 1 atom stereocenters. The van der Waals surface area contributed by atoms with Crippen LogP contribution in [0.1, 0.15) is 6.92 Å². The number of nitrogens with one attached hydrogen (secondary N) is 1. The van der Waals surface area contributed by atoms with Gasteiger partial charge in [0.05, 0.1) is 18.8 Å². The lowest BCUT2D eigenvalue weighted by Crippen LogP contribution is -2.51. The van der Waals surface area contributed by atoms with Gasteiger partial charge in [-0.3, -0.25) is 4.90 Å². The van der Waals surface area contributed by atoms with E-state index < -0.39 is 0 Å². The fourth-order valence-electron chi connectivity index (χ4n) is 3.61. The highest BCUT2D eigenvalue weighted by atomic mass is 16.5. The Kier molecular flexibility index (Phi) is 5.12. The zero-order valence-corrected chi connectivity index (χ0v) is 15.9. The third-order valence-corrected chi connectivity index (χ3v) is 5.25. The molecule has 27 heavy (non-hydrogen) atoms. The summed E-state index contributed by atoms with van der Waals surface area (Å²) in [7, 11) is 1.70. The van der Waals surface area contributed by atoms with Crippen LogP contribution in [0.4, 0.5) is 11.5 Å². The summed E-state index contributed by atoms with van der Waals surface area (Å²) in [6, 6.07) is 20.7. The molecule has 1 aliphatic rings. The maximum absolute atomic E-state index is 5.25. The molecular formula is C22H26N4O. The van der Waals surface area contributed by atoms with E-state index >= 15 is 0 Å². The lowest BCUT2D eigenvalue weighted by atomic mass is 10.2. The zero-order valence-electron chi connectivity index (χ0n) is 15.9. The summed E-state index contributed by atoms with van der Waals surface area (Å²) in [5.41, 5.74) is 2.28. The highest BCUT2D eigenvalue weighted by molar-refractivity contribution is 5.80. The van der Waals surface area contributed by atoms with Crippen LogP contribution in [0.2, 0.25) is 0 Å². The lowest BCUT2D eigenvalue weighted by molar-refractivity contribution is 0.214. The van der Waals surface area contributed by atoms with E-state index in [9.17, 15) is 0 Å². The van der Waals surface area contributed by atoms with Gasteiger partial charge in [0.25, 0.3) is 0 Å². The molecule has 5 heteroatoms. The molecule has 1 aromatic heterocycles. The highest BCUT2D eigenvalue weighted by Gasteiger charge is 2.21. The van der Waals surface area contributed by atoms with Crippen molar-refractivity contribution in [3.8, 4) is 5.75 Å². The minimum absolute atomic E-state index is 0.247. The molecule has 0 aliphatic carbocycles. The van der Waals surface area contributed by atoms with Crippen LogP contribution in [0, 0.1) is 0 Å². The Morgan fingerprint density at radius 3 is 2.41 bits per heavy atom. The van der Waals surface area contributed by atoms with Crippen molar-refractivity contribution in [1.82, 2.24) is 9.88 Å².